The van der Waals surface area contributed by atoms with Gasteiger partial charge in [-0.2, -0.15) is 0 Å². The van der Waals surface area contributed by atoms with Crippen molar-refractivity contribution in [2.24, 2.45) is 0 Å². The predicted octanol–water partition coefficient (Wildman–Crippen LogP) is 5.35. The Morgan fingerprint density at radius 1 is 1.05 bits per heavy atom. The summed E-state index contributed by atoms with van der Waals surface area (Å²) < 4.78 is 0. The standard InChI is InChI=1S/C18H32O4/c1-2-3-11-14-17(22-21)15-12-9-7-5-4-6-8-10-13-16-18(19)20/h7,9,12,15,17,21H,2-6,8,10-11,13-14,16H2,1H3,(H,19,20)/b9-7-,15-12-/t17-/m0/s1. The highest BCUT2D eigenvalue weighted by Crippen LogP contribution is 2.09. The quantitative estimate of drug-likeness (QED) is 0.185. The summed E-state index contributed by atoms with van der Waals surface area (Å²) in [7, 11) is 0. The summed E-state index contributed by atoms with van der Waals surface area (Å²) in [6.45, 7) is 2.15. The van der Waals surface area contributed by atoms with Gasteiger partial charge in [-0.05, 0) is 25.7 Å². The van der Waals surface area contributed by atoms with Gasteiger partial charge < -0.3 is 5.11 Å². The largest absolute Gasteiger partial charge is 0.481 e. The monoisotopic (exact) mass is 312 g/mol. The van der Waals surface area contributed by atoms with E-state index in [4.69, 9.17) is 10.4 Å². The van der Waals surface area contributed by atoms with Crippen LogP contribution in [-0.2, 0) is 9.68 Å². The molecule has 0 aliphatic carbocycles. The summed E-state index contributed by atoms with van der Waals surface area (Å²) >= 11 is 0. The maximum absolute atomic E-state index is 10.3. The van der Waals surface area contributed by atoms with Crippen molar-refractivity contribution in [2.45, 2.75) is 83.7 Å². The van der Waals surface area contributed by atoms with Crippen molar-refractivity contribution in [3.8, 4) is 0 Å². The van der Waals surface area contributed by atoms with Crippen molar-refractivity contribution in [3.05, 3.63) is 24.3 Å². The van der Waals surface area contributed by atoms with Crippen molar-refractivity contribution >= 4 is 5.97 Å². The molecule has 0 aromatic heterocycles. The smallest absolute Gasteiger partial charge is 0.303 e. The van der Waals surface area contributed by atoms with E-state index in [1.807, 2.05) is 18.2 Å². The van der Waals surface area contributed by atoms with E-state index in [0.717, 1.165) is 64.2 Å². The van der Waals surface area contributed by atoms with Gasteiger partial charge in [0.1, 0.15) is 6.10 Å². The molecule has 0 bridgehead atoms. The third-order valence-corrected chi connectivity index (χ3v) is 3.56. The Kier molecular flexibility index (Phi) is 15.4. The van der Waals surface area contributed by atoms with Crippen molar-refractivity contribution in [1.82, 2.24) is 0 Å². The first-order chi connectivity index (χ1) is 10.7. The summed E-state index contributed by atoms with van der Waals surface area (Å²) in [5.41, 5.74) is 0. The molecule has 0 aromatic rings. The fourth-order valence-electron chi connectivity index (χ4n) is 2.21. The maximum atomic E-state index is 10.3. The Morgan fingerprint density at radius 3 is 2.45 bits per heavy atom. The number of carboxylic acid groups (broad SMARTS) is 1. The number of rotatable bonds is 15. The molecule has 4 heteroatoms. The number of carboxylic acids is 1. The highest BCUT2D eigenvalue weighted by molar-refractivity contribution is 5.66. The Morgan fingerprint density at radius 2 is 1.77 bits per heavy atom. The summed E-state index contributed by atoms with van der Waals surface area (Å²) in [6.07, 6.45) is 18.5. The van der Waals surface area contributed by atoms with E-state index in [-0.39, 0.29) is 12.5 Å². The van der Waals surface area contributed by atoms with E-state index in [1.165, 1.54) is 0 Å². The highest BCUT2D eigenvalue weighted by atomic mass is 17.1. The average Bonchev–Trinajstić information content (AvgIpc) is 2.50. The van der Waals surface area contributed by atoms with Gasteiger partial charge in [-0.1, -0.05) is 69.8 Å². The van der Waals surface area contributed by atoms with E-state index < -0.39 is 5.97 Å². The van der Waals surface area contributed by atoms with Crippen molar-refractivity contribution in [2.75, 3.05) is 0 Å². The Balaban J connectivity index is 3.51. The van der Waals surface area contributed by atoms with Crippen LogP contribution in [0.25, 0.3) is 0 Å². The lowest BCUT2D eigenvalue weighted by Crippen LogP contribution is -2.06. The van der Waals surface area contributed by atoms with Gasteiger partial charge in [0.25, 0.3) is 0 Å². The fraction of sp³-hybridized carbons (Fsp3) is 0.722. The van der Waals surface area contributed by atoms with E-state index in [9.17, 15) is 4.79 Å². The molecule has 0 spiro atoms. The number of allylic oxidation sites excluding steroid dienone is 3. The minimum Gasteiger partial charge on any atom is -0.481 e. The molecule has 0 radical (unpaired) electrons. The lowest BCUT2D eigenvalue weighted by Gasteiger charge is -2.07. The number of unbranched alkanes of at least 4 members (excludes halogenated alkanes) is 7. The van der Waals surface area contributed by atoms with Crippen LogP contribution in [-0.4, -0.2) is 22.4 Å². The molecule has 0 unspecified atom stereocenters. The molecule has 0 aliphatic heterocycles. The second-order valence-corrected chi connectivity index (χ2v) is 5.65. The van der Waals surface area contributed by atoms with Gasteiger partial charge in [-0.3, -0.25) is 10.1 Å². The molecule has 0 aliphatic rings. The van der Waals surface area contributed by atoms with Crippen LogP contribution >= 0.6 is 0 Å². The fourth-order valence-corrected chi connectivity index (χ4v) is 2.21. The Hall–Kier alpha value is -1.13. The Labute approximate surface area is 134 Å². The average molecular weight is 312 g/mol. The highest BCUT2D eigenvalue weighted by Gasteiger charge is 2.02. The summed E-state index contributed by atoms with van der Waals surface area (Å²) in [5, 5.41) is 17.3. The summed E-state index contributed by atoms with van der Waals surface area (Å²) in [4.78, 5) is 14.8. The van der Waals surface area contributed by atoms with Crippen molar-refractivity contribution in [3.63, 3.8) is 0 Å². The lowest BCUT2D eigenvalue weighted by atomic mass is 10.1. The van der Waals surface area contributed by atoms with Crippen LogP contribution in [0.4, 0.5) is 0 Å². The van der Waals surface area contributed by atoms with Crippen LogP contribution in [0, 0.1) is 0 Å². The first-order valence-corrected chi connectivity index (χ1v) is 8.56. The minimum absolute atomic E-state index is 0.203. The number of hydrogen-bond acceptors (Lipinski definition) is 3. The second-order valence-electron chi connectivity index (χ2n) is 5.65. The summed E-state index contributed by atoms with van der Waals surface area (Å²) in [5.74, 6) is -0.699. The minimum atomic E-state index is -0.699. The molecule has 128 valence electrons. The topological polar surface area (TPSA) is 66.8 Å². The maximum Gasteiger partial charge on any atom is 0.303 e. The van der Waals surface area contributed by atoms with Gasteiger partial charge in [0, 0.05) is 6.42 Å². The van der Waals surface area contributed by atoms with Crippen LogP contribution in [0.5, 0.6) is 0 Å². The molecule has 0 aromatic carbocycles. The first-order valence-electron chi connectivity index (χ1n) is 8.56. The number of carbonyl (C=O) groups is 1. The molecule has 0 fully saturated rings. The molecular formula is C18H32O4. The molecule has 22 heavy (non-hydrogen) atoms. The first kappa shape index (κ1) is 20.9. The third-order valence-electron chi connectivity index (χ3n) is 3.56. The molecule has 1 atom stereocenters. The van der Waals surface area contributed by atoms with Gasteiger partial charge in [0.05, 0.1) is 0 Å². The zero-order chi connectivity index (χ0) is 16.5. The van der Waals surface area contributed by atoms with E-state index >= 15 is 0 Å². The van der Waals surface area contributed by atoms with E-state index in [2.05, 4.69) is 17.9 Å². The molecular weight excluding hydrogens is 280 g/mol. The third kappa shape index (κ3) is 15.3. The normalized spacial score (nSPS) is 13.2. The molecule has 0 heterocycles. The van der Waals surface area contributed by atoms with Crippen molar-refractivity contribution in [1.29, 1.82) is 0 Å². The Bertz CT molecular complexity index is 310. The van der Waals surface area contributed by atoms with Crippen LogP contribution in [0.1, 0.15) is 77.6 Å². The molecule has 0 saturated heterocycles. The predicted molar refractivity (Wildman–Crippen MR) is 89.9 cm³/mol. The molecule has 0 rings (SSSR count). The van der Waals surface area contributed by atoms with Crippen molar-refractivity contribution < 1.29 is 20.0 Å². The molecule has 0 amide bonds. The zero-order valence-corrected chi connectivity index (χ0v) is 13.9. The molecule has 0 saturated carbocycles. The molecule has 2 N–H and O–H groups in total. The van der Waals surface area contributed by atoms with Crippen LogP contribution in [0.3, 0.4) is 0 Å². The van der Waals surface area contributed by atoms with Gasteiger partial charge in [-0.25, -0.2) is 4.89 Å². The van der Waals surface area contributed by atoms with Gasteiger partial charge in [0.2, 0.25) is 0 Å². The van der Waals surface area contributed by atoms with Gasteiger partial charge >= 0.3 is 5.97 Å². The SMILES string of the molecule is CCCCC[C@@H](/C=C\C=C/CCCCCCCC(=O)O)OO. The number of hydrogen-bond donors (Lipinski definition) is 2. The lowest BCUT2D eigenvalue weighted by molar-refractivity contribution is -0.267. The van der Waals surface area contributed by atoms with Crippen LogP contribution in [0.15, 0.2) is 24.3 Å². The second kappa shape index (κ2) is 16.2. The number of aliphatic carboxylic acids is 1. The van der Waals surface area contributed by atoms with Gasteiger partial charge in [-0.15, -0.1) is 0 Å². The van der Waals surface area contributed by atoms with Gasteiger partial charge in [0.15, 0.2) is 0 Å². The zero-order valence-electron chi connectivity index (χ0n) is 13.9. The summed E-state index contributed by atoms with van der Waals surface area (Å²) in [6, 6.07) is 0. The van der Waals surface area contributed by atoms with E-state index in [1.54, 1.807) is 0 Å². The van der Waals surface area contributed by atoms with E-state index in [0.29, 0.717) is 0 Å². The molecule has 4 nitrogen and oxygen atoms in total. The van der Waals surface area contributed by atoms with Crippen LogP contribution < -0.4 is 0 Å². The van der Waals surface area contributed by atoms with Crippen LogP contribution in [0.2, 0.25) is 0 Å².